The summed E-state index contributed by atoms with van der Waals surface area (Å²) in [7, 11) is 0. The quantitative estimate of drug-likeness (QED) is 0.522. The summed E-state index contributed by atoms with van der Waals surface area (Å²) in [5.74, 6) is 0. The second-order valence-electron chi connectivity index (χ2n) is 4.20. The molecule has 1 heterocycles. The predicted octanol–water partition coefficient (Wildman–Crippen LogP) is 3.34. The molecule has 0 saturated carbocycles. The molecule has 0 aliphatic heterocycles. The van der Waals surface area contributed by atoms with Gasteiger partial charge >= 0.3 is 5.69 Å². The Labute approximate surface area is 107 Å². The average molecular weight is 261 g/mol. The van der Waals surface area contributed by atoms with Crippen molar-refractivity contribution in [2.24, 2.45) is 0 Å². The summed E-state index contributed by atoms with van der Waals surface area (Å²) in [6.45, 7) is 0. The highest BCUT2D eigenvalue weighted by molar-refractivity contribution is 7.16. The molecule has 0 atom stereocenters. The molecule has 1 aliphatic carbocycles. The number of hydrogen-bond acceptors (Lipinski definition) is 5. The molecule has 1 aromatic carbocycles. The maximum Gasteiger partial charge on any atom is 0.319 e. The van der Waals surface area contributed by atoms with Gasteiger partial charge in [0.1, 0.15) is 5.69 Å². The van der Waals surface area contributed by atoms with Crippen molar-refractivity contribution in [3.63, 3.8) is 0 Å². The van der Waals surface area contributed by atoms with E-state index in [1.54, 1.807) is 11.6 Å². The Morgan fingerprint density at radius 2 is 2.17 bits per heavy atom. The number of nitrogens with one attached hydrogen (secondary N) is 1. The molecule has 1 aliphatic rings. The first kappa shape index (κ1) is 11.2. The Bertz CT molecular complexity index is 627. The van der Waals surface area contributed by atoms with Crippen LogP contribution in [0.3, 0.4) is 0 Å². The van der Waals surface area contributed by atoms with Gasteiger partial charge in [-0.2, -0.15) is 0 Å². The summed E-state index contributed by atoms with van der Waals surface area (Å²) in [4.78, 5) is 15.0. The van der Waals surface area contributed by atoms with Gasteiger partial charge in [-0.1, -0.05) is 12.2 Å². The highest BCUT2D eigenvalue weighted by Gasteiger charge is 2.22. The standard InChI is InChI=1S/C12H11N3O2S/c16-15(17)12-9(14-8-3-1-2-4-8)5-6-10-11(12)13-7-18-10/h1-2,5-8,14H,3-4H2. The average Bonchev–Trinajstić information content (AvgIpc) is 2.98. The number of nitro groups is 1. The van der Waals surface area contributed by atoms with Crippen LogP contribution in [0.5, 0.6) is 0 Å². The first-order valence-electron chi connectivity index (χ1n) is 5.68. The highest BCUT2D eigenvalue weighted by atomic mass is 32.1. The molecular weight excluding hydrogens is 250 g/mol. The van der Waals surface area contributed by atoms with Crippen LogP contribution in [0.2, 0.25) is 0 Å². The van der Waals surface area contributed by atoms with Crippen LogP contribution >= 0.6 is 11.3 Å². The molecule has 3 rings (SSSR count). The summed E-state index contributed by atoms with van der Waals surface area (Å²) in [6.07, 6.45) is 5.99. The summed E-state index contributed by atoms with van der Waals surface area (Å²) >= 11 is 1.41. The third-order valence-corrected chi connectivity index (χ3v) is 3.82. The molecule has 0 bridgehead atoms. The van der Waals surface area contributed by atoms with Gasteiger partial charge in [-0.3, -0.25) is 10.1 Å². The van der Waals surface area contributed by atoms with E-state index in [1.807, 2.05) is 6.07 Å². The van der Waals surface area contributed by atoms with Crippen molar-refractivity contribution in [1.82, 2.24) is 4.98 Å². The lowest BCUT2D eigenvalue weighted by Crippen LogP contribution is -2.16. The zero-order valence-corrected chi connectivity index (χ0v) is 10.3. The Morgan fingerprint density at radius 3 is 2.89 bits per heavy atom. The lowest BCUT2D eigenvalue weighted by Gasteiger charge is -2.13. The molecule has 2 aromatic rings. The Morgan fingerprint density at radius 1 is 1.39 bits per heavy atom. The zero-order chi connectivity index (χ0) is 12.5. The van der Waals surface area contributed by atoms with Crippen LogP contribution in [0, 0.1) is 10.1 Å². The van der Waals surface area contributed by atoms with Crippen LogP contribution in [0.15, 0.2) is 29.8 Å². The van der Waals surface area contributed by atoms with E-state index in [2.05, 4.69) is 22.5 Å². The third-order valence-electron chi connectivity index (χ3n) is 3.03. The van der Waals surface area contributed by atoms with E-state index in [-0.39, 0.29) is 16.7 Å². The van der Waals surface area contributed by atoms with Crippen LogP contribution in [-0.2, 0) is 0 Å². The lowest BCUT2D eigenvalue weighted by atomic mass is 10.2. The van der Waals surface area contributed by atoms with Crippen molar-refractivity contribution >= 4 is 32.9 Å². The van der Waals surface area contributed by atoms with Gasteiger partial charge in [0.25, 0.3) is 0 Å². The van der Waals surface area contributed by atoms with Gasteiger partial charge < -0.3 is 5.32 Å². The Balaban J connectivity index is 2.04. The van der Waals surface area contributed by atoms with Crippen molar-refractivity contribution in [2.75, 3.05) is 5.32 Å². The fourth-order valence-corrected chi connectivity index (χ4v) is 2.85. The number of nitro benzene ring substituents is 1. The van der Waals surface area contributed by atoms with Crippen LogP contribution in [0.25, 0.3) is 10.2 Å². The number of nitrogens with zero attached hydrogens (tertiary/aromatic N) is 2. The number of anilines is 1. The fraction of sp³-hybridized carbons (Fsp3) is 0.250. The minimum absolute atomic E-state index is 0.0839. The smallest absolute Gasteiger partial charge is 0.319 e. The van der Waals surface area contributed by atoms with Crippen LogP contribution < -0.4 is 5.32 Å². The number of fused-ring (bicyclic) bond motifs is 1. The van der Waals surface area contributed by atoms with Crippen molar-refractivity contribution < 1.29 is 4.92 Å². The van der Waals surface area contributed by atoms with Crippen LogP contribution in [-0.4, -0.2) is 15.9 Å². The number of aromatic nitrogens is 1. The van der Waals surface area contributed by atoms with Gasteiger partial charge in [0.15, 0.2) is 5.52 Å². The highest BCUT2D eigenvalue weighted by Crippen LogP contribution is 2.35. The normalized spacial score (nSPS) is 15.3. The predicted molar refractivity (Wildman–Crippen MR) is 72.1 cm³/mol. The van der Waals surface area contributed by atoms with E-state index < -0.39 is 0 Å². The number of benzene rings is 1. The SMILES string of the molecule is O=[N+]([O-])c1c(NC2CC=CC2)ccc2scnc12. The van der Waals surface area contributed by atoms with Crippen molar-refractivity contribution in [2.45, 2.75) is 18.9 Å². The summed E-state index contributed by atoms with van der Waals surface area (Å²) in [5, 5.41) is 14.5. The molecule has 0 radical (unpaired) electrons. The minimum Gasteiger partial charge on any atom is -0.376 e. The molecule has 0 spiro atoms. The molecule has 0 amide bonds. The molecular formula is C12H11N3O2S. The van der Waals surface area contributed by atoms with Gasteiger partial charge in [0.2, 0.25) is 0 Å². The number of hydrogen-bond donors (Lipinski definition) is 1. The Kier molecular flexibility index (Phi) is 2.71. The van der Waals surface area contributed by atoms with Crippen molar-refractivity contribution in [1.29, 1.82) is 0 Å². The summed E-state index contributed by atoms with van der Waals surface area (Å²) in [5.41, 5.74) is 2.76. The minimum atomic E-state index is -0.354. The van der Waals surface area contributed by atoms with E-state index >= 15 is 0 Å². The topological polar surface area (TPSA) is 68.1 Å². The summed E-state index contributed by atoms with van der Waals surface area (Å²) < 4.78 is 0.844. The number of rotatable bonds is 3. The zero-order valence-electron chi connectivity index (χ0n) is 9.50. The monoisotopic (exact) mass is 261 g/mol. The molecule has 1 aromatic heterocycles. The second kappa shape index (κ2) is 4.38. The van der Waals surface area contributed by atoms with Crippen LogP contribution in [0.1, 0.15) is 12.8 Å². The molecule has 6 heteroatoms. The molecule has 1 N–H and O–H groups in total. The maximum absolute atomic E-state index is 11.2. The maximum atomic E-state index is 11.2. The van der Waals surface area contributed by atoms with E-state index in [0.717, 1.165) is 17.5 Å². The lowest BCUT2D eigenvalue weighted by molar-refractivity contribution is -0.382. The van der Waals surface area contributed by atoms with E-state index in [4.69, 9.17) is 0 Å². The molecule has 0 fully saturated rings. The molecule has 92 valence electrons. The molecule has 0 unspecified atom stereocenters. The van der Waals surface area contributed by atoms with E-state index in [0.29, 0.717) is 11.2 Å². The van der Waals surface area contributed by atoms with Crippen LogP contribution in [0.4, 0.5) is 11.4 Å². The molecule has 5 nitrogen and oxygen atoms in total. The first-order chi connectivity index (χ1) is 8.75. The van der Waals surface area contributed by atoms with Crippen molar-refractivity contribution in [3.05, 3.63) is 39.9 Å². The second-order valence-corrected chi connectivity index (χ2v) is 5.09. The van der Waals surface area contributed by atoms with Gasteiger partial charge in [-0.25, -0.2) is 4.98 Å². The van der Waals surface area contributed by atoms with E-state index in [1.165, 1.54) is 11.3 Å². The van der Waals surface area contributed by atoms with Gasteiger partial charge in [-0.15, -0.1) is 11.3 Å². The number of thiazole rings is 1. The van der Waals surface area contributed by atoms with Gasteiger partial charge in [-0.05, 0) is 25.0 Å². The fourth-order valence-electron chi connectivity index (χ4n) is 2.17. The molecule has 18 heavy (non-hydrogen) atoms. The van der Waals surface area contributed by atoms with Gasteiger partial charge in [0.05, 0.1) is 15.1 Å². The third kappa shape index (κ3) is 1.84. The molecule has 0 saturated heterocycles. The largest absolute Gasteiger partial charge is 0.376 e. The summed E-state index contributed by atoms with van der Waals surface area (Å²) in [6, 6.07) is 3.90. The first-order valence-corrected chi connectivity index (χ1v) is 6.56. The van der Waals surface area contributed by atoms with Crippen molar-refractivity contribution in [3.8, 4) is 0 Å². The Hall–Kier alpha value is -1.95. The van der Waals surface area contributed by atoms with E-state index in [9.17, 15) is 10.1 Å². The van der Waals surface area contributed by atoms with Gasteiger partial charge in [0, 0.05) is 6.04 Å².